The van der Waals surface area contributed by atoms with Gasteiger partial charge in [-0.15, -0.1) is 33.3 Å². The maximum atomic E-state index is 11.3. The van der Waals surface area contributed by atoms with E-state index in [0.29, 0.717) is 27.8 Å². The molecule has 0 aliphatic carbocycles. The highest BCUT2D eigenvalue weighted by molar-refractivity contribution is 8.00. The lowest BCUT2D eigenvalue weighted by atomic mass is 9.94. The molecule has 1 N–H and O–H groups in total. The van der Waals surface area contributed by atoms with Gasteiger partial charge in [-0.3, -0.25) is 9.36 Å². The molecule has 1 aliphatic rings. The van der Waals surface area contributed by atoms with Crippen molar-refractivity contribution in [1.82, 2.24) is 19.7 Å². The number of fused-ring (bicyclic) bond motifs is 3. The van der Waals surface area contributed by atoms with Crippen LogP contribution in [0.25, 0.3) is 5.69 Å². The third-order valence-corrected chi connectivity index (χ3v) is 9.20. The molecule has 4 aromatic rings. The van der Waals surface area contributed by atoms with Gasteiger partial charge in [0.25, 0.3) is 0 Å². The Bertz CT molecular complexity index is 1530. The second kappa shape index (κ2) is 10.8. The molecular formula is C28H29ClN4O4S2. The maximum Gasteiger partial charge on any atom is 0.308 e. The summed E-state index contributed by atoms with van der Waals surface area (Å²) >= 11 is 9.73. The van der Waals surface area contributed by atoms with Gasteiger partial charge in [0.05, 0.1) is 41.8 Å². The Balaban J connectivity index is 1.72. The van der Waals surface area contributed by atoms with Gasteiger partial charge < -0.3 is 14.6 Å². The monoisotopic (exact) mass is 584 g/mol. The highest BCUT2D eigenvalue weighted by atomic mass is 35.5. The van der Waals surface area contributed by atoms with E-state index in [1.54, 1.807) is 32.2 Å². The summed E-state index contributed by atoms with van der Waals surface area (Å²) in [6.45, 7) is 6.36. The van der Waals surface area contributed by atoms with Crippen molar-refractivity contribution in [2.45, 2.75) is 49.5 Å². The summed E-state index contributed by atoms with van der Waals surface area (Å²) in [7, 11) is 3.27. The third-order valence-electron chi connectivity index (χ3n) is 6.46. The minimum Gasteiger partial charge on any atom is -0.493 e. The van der Waals surface area contributed by atoms with Crippen LogP contribution in [0, 0.1) is 0 Å². The number of aliphatic carboxylic acids is 1. The summed E-state index contributed by atoms with van der Waals surface area (Å²) in [5.74, 6) is 2.09. The number of nitrogens with zero attached hydrogens (tertiary/aromatic N) is 4. The molecule has 0 fully saturated rings. The van der Waals surface area contributed by atoms with Crippen LogP contribution < -0.4 is 9.47 Å². The summed E-state index contributed by atoms with van der Waals surface area (Å²) in [5.41, 5.74) is 2.65. The highest BCUT2D eigenvalue weighted by Gasteiger charge is 2.37. The molecule has 2 aromatic heterocycles. The van der Waals surface area contributed by atoms with Gasteiger partial charge in [0.15, 0.2) is 17.3 Å². The first-order valence-electron chi connectivity index (χ1n) is 12.4. The average Bonchev–Trinajstić information content (AvgIpc) is 3.50. The lowest BCUT2D eigenvalue weighted by Crippen LogP contribution is -2.20. The molecule has 0 amide bonds. The van der Waals surface area contributed by atoms with Gasteiger partial charge >= 0.3 is 5.97 Å². The molecule has 2 atom stereocenters. The summed E-state index contributed by atoms with van der Waals surface area (Å²) in [6.07, 6.45) is 2.16. The molecule has 0 saturated heterocycles. The quantitative estimate of drug-likeness (QED) is 0.265. The van der Waals surface area contributed by atoms with Gasteiger partial charge in [-0.1, -0.05) is 44.5 Å². The lowest BCUT2D eigenvalue weighted by molar-refractivity contribution is -0.136. The number of rotatable bonds is 7. The molecule has 2 aromatic carbocycles. The fraction of sp³-hybridized carbons (Fsp3) is 0.357. The molecule has 0 radical (unpaired) electrons. The number of methoxy groups -OCH3 is 2. The summed E-state index contributed by atoms with van der Waals surface area (Å²) in [5, 5.41) is 19.8. The van der Waals surface area contributed by atoms with Crippen LogP contribution in [0.1, 0.15) is 63.9 Å². The maximum absolute atomic E-state index is 11.3. The Hall–Kier alpha value is -3.08. The molecule has 0 spiro atoms. The van der Waals surface area contributed by atoms with Gasteiger partial charge in [0, 0.05) is 33.5 Å². The molecule has 8 nitrogen and oxygen atoms in total. The fourth-order valence-electron chi connectivity index (χ4n) is 4.80. The van der Waals surface area contributed by atoms with Gasteiger partial charge in [0.2, 0.25) is 0 Å². The van der Waals surface area contributed by atoms with Crippen LogP contribution >= 0.6 is 34.7 Å². The van der Waals surface area contributed by atoms with E-state index >= 15 is 0 Å². The average molecular weight is 585 g/mol. The molecule has 3 heterocycles. The topological polar surface area (TPSA) is 99.4 Å². The van der Waals surface area contributed by atoms with Crippen LogP contribution in [-0.4, -0.2) is 45.0 Å². The minimum absolute atomic E-state index is 0.0482. The van der Waals surface area contributed by atoms with Crippen LogP contribution in [0.3, 0.4) is 0 Å². The molecule has 204 valence electrons. The Kier molecular flexibility index (Phi) is 7.63. The number of benzene rings is 2. The van der Waals surface area contributed by atoms with Crippen LogP contribution in [0.15, 0.2) is 42.6 Å². The van der Waals surface area contributed by atoms with Gasteiger partial charge in [-0.25, -0.2) is 4.98 Å². The molecule has 5 rings (SSSR count). The van der Waals surface area contributed by atoms with Crippen molar-refractivity contribution in [3.63, 3.8) is 0 Å². The number of halogens is 1. The standard InChI is InChI=1S/C28H29ClN4O4S2/c1-28(2,3)27-32-31-26-21(13-22-30-14-16(38-22)12-23(34)35)39-25(17-7-6-8-20(36-4)24(17)37-5)18-11-15(29)9-10-19(18)33(26)27/h6-11,14,21,25H,12-13H2,1-5H3,(H,34,35)/t21-,25-/m1/s1. The number of ether oxygens (including phenoxy) is 2. The second-order valence-corrected chi connectivity index (χ2v) is 13.2. The number of thioether (sulfide) groups is 1. The Morgan fingerprint density at radius 2 is 1.92 bits per heavy atom. The first kappa shape index (κ1) is 27.5. The van der Waals surface area contributed by atoms with E-state index in [-0.39, 0.29) is 22.3 Å². The Morgan fingerprint density at radius 3 is 2.62 bits per heavy atom. The predicted octanol–water partition coefficient (Wildman–Crippen LogP) is 6.44. The number of aromatic nitrogens is 4. The number of carboxylic acids is 1. The fourth-order valence-corrected chi connectivity index (χ4v) is 7.57. The van der Waals surface area contributed by atoms with Crippen molar-refractivity contribution in [3.8, 4) is 17.2 Å². The van der Waals surface area contributed by atoms with E-state index in [1.807, 2.05) is 36.4 Å². The summed E-state index contributed by atoms with van der Waals surface area (Å²) in [4.78, 5) is 16.5. The van der Waals surface area contributed by atoms with Crippen molar-refractivity contribution in [2.75, 3.05) is 14.2 Å². The molecular weight excluding hydrogens is 556 g/mol. The van der Waals surface area contributed by atoms with Gasteiger partial charge in [0.1, 0.15) is 5.82 Å². The van der Waals surface area contributed by atoms with E-state index in [0.717, 1.165) is 33.5 Å². The number of carbonyl (C=O) groups is 1. The van der Waals surface area contributed by atoms with E-state index < -0.39 is 5.97 Å². The van der Waals surface area contributed by atoms with Crippen LogP contribution in [0.4, 0.5) is 0 Å². The zero-order chi connectivity index (χ0) is 27.9. The largest absolute Gasteiger partial charge is 0.493 e. The molecule has 0 saturated carbocycles. The zero-order valence-corrected chi connectivity index (χ0v) is 24.7. The first-order chi connectivity index (χ1) is 18.6. The normalized spacial score (nSPS) is 16.8. The van der Waals surface area contributed by atoms with Crippen molar-refractivity contribution in [1.29, 1.82) is 0 Å². The molecule has 11 heteroatoms. The van der Waals surface area contributed by atoms with E-state index in [2.05, 4.69) is 35.4 Å². The zero-order valence-electron chi connectivity index (χ0n) is 22.3. The number of para-hydroxylation sites is 1. The Morgan fingerprint density at radius 1 is 1.13 bits per heavy atom. The Labute approximate surface area is 240 Å². The molecule has 1 aliphatic heterocycles. The van der Waals surface area contributed by atoms with Crippen LogP contribution in [0.2, 0.25) is 5.02 Å². The van der Waals surface area contributed by atoms with E-state index in [9.17, 15) is 9.90 Å². The molecule has 0 bridgehead atoms. The van der Waals surface area contributed by atoms with Gasteiger partial charge in [-0.05, 0) is 29.8 Å². The summed E-state index contributed by atoms with van der Waals surface area (Å²) < 4.78 is 13.7. The van der Waals surface area contributed by atoms with Crippen LogP contribution in [0.5, 0.6) is 11.5 Å². The summed E-state index contributed by atoms with van der Waals surface area (Å²) in [6, 6.07) is 11.8. The van der Waals surface area contributed by atoms with E-state index in [1.165, 1.54) is 11.3 Å². The lowest BCUT2D eigenvalue weighted by Gasteiger charge is -2.24. The number of thiazole rings is 1. The highest BCUT2D eigenvalue weighted by Crippen LogP contribution is 2.54. The van der Waals surface area contributed by atoms with Crippen LogP contribution in [-0.2, 0) is 23.1 Å². The van der Waals surface area contributed by atoms with Crippen molar-refractivity contribution < 1.29 is 19.4 Å². The SMILES string of the molecule is COc1cccc([C@H]2S[C@H](Cc3ncc(CC(=O)O)s3)c3nnc(C(C)(C)C)n3-c3ccc(Cl)cc32)c1OC. The van der Waals surface area contributed by atoms with Crippen molar-refractivity contribution >= 4 is 40.7 Å². The third kappa shape index (κ3) is 5.37. The number of hydrogen-bond donors (Lipinski definition) is 1. The molecule has 0 unspecified atom stereocenters. The number of carboxylic acid groups (broad SMARTS) is 1. The number of hydrogen-bond acceptors (Lipinski definition) is 8. The second-order valence-electron chi connectivity index (χ2n) is 10.3. The van der Waals surface area contributed by atoms with Gasteiger partial charge in [-0.2, -0.15) is 0 Å². The minimum atomic E-state index is -0.874. The predicted molar refractivity (Wildman–Crippen MR) is 154 cm³/mol. The first-order valence-corrected chi connectivity index (χ1v) is 14.5. The molecule has 39 heavy (non-hydrogen) atoms. The van der Waals surface area contributed by atoms with Crippen molar-refractivity contribution in [3.05, 3.63) is 80.3 Å². The van der Waals surface area contributed by atoms with Crippen molar-refractivity contribution in [2.24, 2.45) is 0 Å². The smallest absolute Gasteiger partial charge is 0.308 e. The van der Waals surface area contributed by atoms with E-state index in [4.69, 9.17) is 26.2 Å².